The van der Waals surface area contributed by atoms with Crippen LogP contribution in [0.3, 0.4) is 0 Å². The molecule has 0 bridgehead atoms. The predicted molar refractivity (Wildman–Crippen MR) is 100 cm³/mol. The molecule has 3 nitrogen and oxygen atoms in total. The van der Waals surface area contributed by atoms with Gasteiger partial charge in [0.15, 0.2) is 0 Å². The van der Waals surface area contributed by atoms with E-state index in [2.05, 4.69) is 20.7 Å². The van der Waals surface area contributed by atoms with Gasteiger partial charge in [-0.1, -0.05) is 27.5 Å². The molecule has 0 aliphatic heterocycles. The van der Waals surface area contributed by atoms with Crippen LogP contribution in [-0.4, -0.2) is 8.42 Å². The first-order valence-electron chi connectivity index (χ1n) is 7.11. The standard InChI is InChI=1S/C17H19BrClNO2S/c1-9-10(2)12(4)17(13(5)11(9)3)23(21,22)20-16-7-6-14(18)8-15(16)19/h6-8,20H,1-5H3. The fourth-order valence-electron chi connectivity index (χ4n) is 2.64. The van der Waals surface area contributed by atoms with Crippen molar-refractivity contribution in [3.05, 3.63) is 55.5 Å². The van der Waals surface area contributed by atoms with Crippen LogP contribution in [-0.2, 0) is 10.0 Å². The Morgan fingerprint density at radius 3 is 1.87 bits per heavy atom. The van der Waals surface area contributed by atoms with Crippen LogP contribution in [0.25, 0.3) is 0 Å². The highest BCUT2D eigenvalue weighted by atomic mass is 79.9. The molecule has 0 saturated carbocycles. The van der Waals surface area contributed by atoms with E-state index < -0.39 is 10.0 Å². The van der Waals surface area contributed by atoms with Crippen molar-refractivity contribution in [1.82, 2.24) is 0 Å². The van der Waals surface area contributed by atoms with Crippen LogP contribution < -0.4 is 4.72 Å². The molecule has 0 unspecified atom stereocenters. The lowest BCUT2D eigenvalue weighted by Gasteiger charge is -2.19. The van der Waals surface area contributed by atoms with Crippen molar-refractivity contribution in [3.8, 4) is 0 Å². The normalized spacial score (nSPS) is 11.6. The third kappa shape index (κ3) is 3.42. The van der Waals surface area contributed by atoms with Gasteiger partial charge in [-0.3, -0.25) is 4.72 Å². The number of sulfonamides is 1. The molecule has 0 amide bonds. The molecule has 23 heavy (non-hydrogen) atoms. The second-order valence-electron chi connectivity index (χ2n) is 5.68. The zero-order chi connectivity index (χ0) is 17.5. The molecule has 0 radical (unpaired) electrons. The molecule has 0 fully saturated rings. The summed E-state index contributed by atoms with van der Waals surface area (Å²) >= 11 is 9.44. The second-order valence-corrected chi connectivity index (χ2v) is 8.63. The molecular formula is C17H19BrClNO2S. The van der Waals surface area contributed by atoms with E-state index in [1.165, 1.54) is 0 Å². The van der Waals surface area contributed by atoms with Crippen LogP contribution in [0.5, 0.6) is 0 Å². The molecule has 0 aromatic heterocycles. The van der Waals surface area contributed by atoms with E-state index in [1.807, 2.05) is 34.6 Å². The van der Waals surface area contributed by atoms with Crippen molar-refractivity contribution in [2.75, 3.05) is 4.72 Å². The van der Waals surface area contributed by atoms with Gasteiger partial charge in [0.25, 0.3) is 10.0 Å². The van der Waals surface area contributed by atoms with Gasteiger partial charge >= 0.3 is 0 Å². The molecule has 1 N–H and O–H groups in total. The fourth-order valence-corrected chi connectivity index (χ4v) is 5.10. The van der Waals surface area contributed by atoms with Crippen molar-refractivity contribution in [3.63, 3.8) is 0 Å². The highest BCUT2D eigenvalue weighted by Gasteiger charge is 2.24. The summed E-state index contributed by atoms with van der Waals surface area (Å²) < 4.78 is 29.2. The fraction of sp³-hybridized carbons (Fsp3) is 0.294. The van der Waals surface area contributed by atoms with Gasteiger partial charge in [0, 0.05) is 4.47 Å². The molecule has 2 aromatic rings. The van der Waals surface area contributed by atoms with Gasteiger partial charge in [0.1, 0.15) is 0 Å². The van der Waals surface area contributed by atoms with Crippen LogP contribution in [0, 0.1) is 34.6 Å². The topological polar surface area (TPSA) is 46.2 Å². The molecule has 0 aliphatic carbocycles. The van der Waals surface area contributed by atoms with E-state index in [9.17, 15) is 8.42 Å². The maximum atomic E-state index is 12.9. The molecule has 2 rings (SSSR count). The summed E-state index contributed by atoms with van der Waals surface area (Å²) in [6.07, 6.45) is 0. The summed E-state index contributed by atoms with van der Waals surface area (Å²) in [6.45, 7) is 9.59. The highest BCUT2D eigenvalue weighted by molar-refractivity contribution is 9.10. The molecule has 0 aliphatic rings. The average molecular weight is 417 g/mol. The Hall–Kier alpha value is -1.04. The predicted octanol–water partition coefficient (Wildman–Crippen LogP) is 5.45. The maximum Gasteiger partial charge on any atom is 0.262 e. The van der Waals surface area contributed by atoms with E-state index in [0.29, 0.717) is 15.6 Å². The number of benzene rings is 2. The zero-order valence-corrected chi connectivity index (χ0v) is 16.9. The maximum absolute atomic E-state index is 12.9. The lowest BCUT2D eigenvalue weighted by molar-refractivity contribution is 0.599. The van der Waals surface area contributed by atoms with Gasteiger partial charge in [-0.15, -0.1) is 0 Å². The summed E-state index contributed by atoms with van der Waals surface area (Å²) in [6, 6.07) is 5.04. The van der Waals surface area contributed by atoms with Gasteiger partial charge in [0.2, 0.25) is 0 Å². The summed E-state index contributed by atoms with van der Waals surface area (Å²) in [5.41, 5.74) is 5.02. The number of halogens is 2. The van der Waals surface area contributed by atoms with Crippen molar-refractivity contribution in [2.24, 2.45) is 0 Å². The minimum absolute atomic E-state index is 0.331. The van der Waals surface area contributed by atoms with Gasteiger partial charge in [-0.25, -0.2) is 8.42 Å². The lowest BCUT2D eigenvalue weighted by atomic mass is 9.95. The summed E-state index contributed by atoms with van der Waals surface area (Å²) in [5, 5.41) is 0.346. The minimum atomic E-state index is -3.72. The van der Waals surface area contributed by atoms with Crippen LogP contribution >= 0.6 is 27.5 Å². The van der Waals surface area contributed by atoms with Gasteiger partial charge in [-0.05, 0) is 80.6 Å². The summed E-state index contributed by atoms with van der Waals surface area (Å²) in [5.74, 6) is 0. The molecule has 0 spiro atoms. The Labute approximate surface area is 151 Å². The van der Waals surface area contributed by atoms with Crippen molar-refractivity contribution < 1.29 is 8.42 Å². The SMILES string of the molecule is Cc1c(C)c(C)c(S(=O)(=O)Nc2ccc(Br)cc2Cl)c(C)c1C. The smallest absolute Gasteiger partial charge is 0.262 e. The molecule has 6 heteroatoms. The molecular weight excluding hydrogens is 398 g/mol. The van der Waals surface area contributed by atoms with Crippen molar-refractivity contribution in [1.29, 1.82) is 0 Å². The Morgan fingerprint density at radius 1 is 0.913 bits per heavy atom. The van der Waals surface area contributed by atoms with Gasteiger partial charge in [-0.2, -0.15) is 0 Å². The molecule has 0 atom stereocenters. The number of anilines is 1. The monoisotopic (exact) mass is 415 g/mol. The van der Waals surface area contributed by atoms with Crippen LogP contribution in [0.2, 0.25) is 5.02 Å². The van der Waals surface area contributed by atoms with Gasteiger partial charge < -0.3 is 0 Å². The first-order valence-corrected chi connectivity index (χ1v) is 9.76. The third-order valence-electron chi connectivity index (χ3n) is 4.38. The van der Waals surface area contributed by atoms with E-state index in [1.54, 1.807) is 18.2 Å². The van der Waals surface area contributed by atoms with Crippen molar-refractivity contribution >= 4 is 43.2 Å². The highest BCUT2D eigenvalue weighted by Crippen LogP contribution is 2.33. The van der Waals surface area contributed by atoms with Crippen LogP contribution in [0.15, 0.2) is 27.6 Å². The summed E-state index contributed by atoms with van der Waals surface area (Å²) in [4.78, 5) is 0.331. The Balaban J connectivity index is 2.61. The largest absolute Gasteiger partial charge is 0.278 e. The molecule has 2 aromatic carbocycles. The Bertz CT molecular complexity index is 863. The molecule has 124 valence electrons. The number of nitrogens with one attached hydrogen (secondary N) is 1. The van der Waals surface area contributed by atoms with Crippen LogP contribution in [0.1, 0.15) is 27.8 Å². The molecule has 0 saturated heterocycles. The van der Waals surface area contributed by atoms with Gasteiger partial charge in [0.05, 0.1) is 15.6 Å². The quantitative estimate of drug-likeness (QED) is 0.723. The molecule has 0 heterocycles. The number of hydrogen-bond donors (Lipinski definition) is 1. The van der Waals surface area contributed by atoms with E-state index in [-0.39, 0.29) is 0 Å². The van der Waals surface area contributed by atoms with E-state index in [0.717, 1.165) is 32.3 Å². The number of rotatable bonds is 3. The number of hydrogen-bond acceptors (Lipinski definition) is 2. The van der Waals surface area contributed by atoms with Crippen LogP contribution in [0.4, 0.5) is 5.69 Å². The lowest BCUT2D eigenvalue weighted by Crippen LogP contribution is -2.18. The Kier molecular flexibility index (Phi) is 5.14. The van der Waals surface area contributed by atoms with Crippen molar-refractivity contribution in [2.45, 2.75) is 39.5 Å². The minimum Gasteiger partial charge on any atom is -0.278 e. The zero-order valence-electron chi connectivity index (χ0n) is 13.7. The van der Waals surface area contributed by atoms with E-state index in [4.69, 9.17) is 11.6 Å². The first kappa shape index (κ1) is 18.3. The average Bonchev–Trinajstić information content (AvgIpc) is 2.46. The third-order valence-corrected chi connectivity index (χ3v) is 6.82. The summed E-state index contributed by atoms with van der Waals surface area (Å²) in [7, 11) is -3.72. The second kappa shape index (κ2) is 6.46. The van der Waals surface area contributed by atoms with E-state index >= 15 is 0 Å². The Morgan fingerprint density at radius 2 is 1.39 bits per heavy atom. The first-order chi connectivity index (χ1) is 10.6.